The minimum Gasteiger partial charge on any atom is -0.452 e. The fourth-order valence-electron chi connectivity index (χ4n) is 4.08. The number of nitrogens with one attached hydrogen (secondary N) is 1. The van der Waals surface area contributed by atoms with E-state index in [1.54, 1.807) is 0 Å². The van der Waals surface area contributed by atoms with E-state index in [0.29, 0.717) is 17.7 Å². The SMILES string of the molecule is CCCc1nc2ccccc2c(C(=O)OCC(=O)Nc2cccc3ccccc23)c1CC. The van der Waals surface area contributed by atoms with Crippen molar-refractivity contribution in [1.29, 1.82) is 0 Å². The number of carbonyl (C=O) groups excluding carboxylic acids is 2. The van der Waals surface area contributed by atoms with Gasteiger partial charge in [0.1, 0.15) is 0 Å². The van der Waals surface area contributed by atoms with Gasteiger partial charge in [-0.2, -0.15) is 0 Å². The van der Waals surface area contributed by atoms with Gasteiger partial charge < -0.3 is 10.1 Å². The van der Waals surface area contributed by atoms with Gasteiger partial charge in [0.15, 0.2) is 6.61 Å². The summed E-state index contributed by atoms with van der Waals surface area (Å²) in [4.78, 5) is 30.5. The molecule has 162 valence electrons. The third kappa shape index (κ3) is 4.33. The van der Waals surface area contributed by atoms with E-state index in [1.165, 1.54) is 0 Å². The fraction of sp³-hybridized carbons (Fsp3) is 0.222. The summed E-state index contributed by atoms with van der Waals surface area (Å²) < 4.78 is 5.48. The molecule has 1 amide bonds. The maximum Gasteiger partial charge on any atom is 0.339 e. The standard InChI is InChI=1S/C27H26N2O3/c1-3-10-22-19(4-2)26(21-14-7-8-15-24(21)28-22)27(31)32-17-25(30)29-23-16-9-12-18-11-5-6-13-20(18)23/h5-9,11-16H,3-4,10,17H2,1-2H3,(H,29,30). The Labute approximate surface area is 187 Å². The van der Waals surface area contributed by atoms with Gasteiger partial charge in [0.05, 0.1) is 11.1 Å². The molecule has 3 aromatic carbocycles. The molecule has 0 bridgehead atoms. The number of benzene rings is 3. The number of aryl methyl sites for hydroxylation is 1. The number of nitrogens with zero attached hydrogens (tertiary/aromatic N) is 1. The maximum absolute atomic E-state index is 13.1. The molecule has 1 N–H and O–H groups in total. The average Bonchev–Trinajstić information content (AvgIpc) is 2.82. The van der Waals surface area contributed by atoms with Crippen molar-refractivity contribution in [2.45, 2.75) is 33.1 Å². The minimum absolute atomic E-state index is 0.356. The first-order chi connectivity index (χ1) is 15.6. The van der Waals surface area contributed by atoms with Crippen LogP contribution in [0.5, 0.6) is 0 Å². The molecule has 32 heavy (non-hydrogen) atoms. The summed E-state index contributed by atoms with van der Waals surface area (Å²) in [6.07, 6.45) is 2.38. The lowest BCUT2D eigenvalue weighted by Gasteiger charge is -2.15. The van der Waals surface area contributed by atoms with Crippen molar-refractivity contribution in [1.82, 2.24) is 4.98 Å². The highest BCUT2D eigenvalue weighted by molar-refractivity contribution is 6.07. The van der Waals surface area contributed by atoms with Crippen molar-refractivity contribution in [3.8, 4) is 0 Å². The molecule has 0 saturated carbocycles. The zero-order valence-corrected chi connectivity index (χ0v) is 18.4. The molecule has 4 rings (SSSR count). The van der Waals surface area contributed by atoms with Crippen molar-refractivity contribution < 1.29 is 14.3 Å². The topological polar surface area (TPSA) is 68.3 Å². The molecular formula is C27H26N2O3. The lowest BCUT2D eigenvalue weighted by Crippen LogP contribution is -2.22. The predicted octanol–water partition coefficient (Wildman–Crippen LogP) is 5.70. The largest absolute Gasteiger partial charge is 0.452 e. The van der Waals surface area contributed by atoms with E-state index in [4.69, 9.17) is 9.72 Å². The molecule has 4 aromatic rings. The van der Waals surface area contributed by atoms with Gasteiger partial charge in [-0.1, -0.05) is 74.9 Å². The van der Waals surface area contributed by atoms with Crippen molar-refractivity contribution in [2.75, 3.05) is 11.9 Å². The van der Waals surface area contributed by atoms with Gasteiger partial charge in [0.2, 0.25) is 0 Å². The second kappa shape index (κ2) is 9.60. The summed E-state index contributed by atoms with van der Waals surface area (Å²) in [5.41, 5.74) is 3.78. The number of rotatable bonds is 7. The van der Waals surface area contributed by atoms with Crippen molar-refractivity contribution in [2.24, 2.45) is 0 Å². The van der Waals surface area contributed by atoms with E-state index < -0.39 is 5.97 Å². The number of hydrogen-bond donors (Lipinski definition) is 1. The second-order valence-electron chi connectivity index (χ2n) is 7.68. The van der Waals surface area contributed by atoms with Gasteiger partial charge in [0, 0.05) is 22.2 Å². The van der Waals surface area contributed by atoms with Gasteiger partial charge in [0.25, 0.3) is 5.91 Å². The molecule has 0 fully saturated rings. The Kier molecular flexibility index (Phi) is 6.45. The van der Waals surface area contributed by atoms with Crippen LogP contribution in [0.1, 0.15) is 41.9 Å². The first-order valence-corrected chi connectivity index (χ1v) is 11.0. The molecule has 0 saturated heterocycles. The van der Waals surface area contributed by atoms with Crippen LogP contribution < -0.4 is 5.32 Å². The van der Waals surface area contributed by atoms with Gasteiger partial charge >= 0.3 is 5.97 Å². The van der Waals surface area contributed by atoms with Crippen molar-refractivity contribution in [3.05, 3.63) is 83.6 Å². The molecule has 0 radical (unpaired) electrons. The van der Waals surface area contributed by atoms with Crippen LogP contribution in [0.3, 0.4) is 0 Å². The molecule has 1 aromatic heterocycles. The van der Waals surface area contributed by atoms with Crippen LogP contribution in [0.4, 0.5) is 5.69 Å². The molecule has 0 aliphatic rings. The van der Waals surface area contributed by atoms with E-state index in [9.17, 15) is 9.59 Å². The normalized spacial score (nSPS) is 10.9. The Morgan fingerprint density at radius 2 is 1.62 bits per heavy atom. The zero-order valence-electron chi connectivity index (χ0n) is 18.4. The molecule has 5 heteroatoms. The molecule has 0 unspecified atom stereocenters. The predicted molar refractivity (Wildman–Crippen MR) is 128 cm³/mol. The van der Waals surface area contributed by atoms with Gasteiger partial charge in [-0.3, -0.25) is 9.78 Å². The Bertz CT molecular complexity index is 1290. The number of hydrogen-bond acceptors (Lipinski definition) is 4. The number of esters is 1. The highest BCUT2D eigenvalue weighted by atomic mass is 16.5. The first kappa shape index (κ1) is 21.5. The number of amides is 1. The third-order valence-corrected chi connectivity index (χ3v) is 5.52. The Morgan fingerprint density at radius 1 is 0.906 bits per heavy atom. The number of anilines is 1. The van der Waals surface area contributed by atoms with Crippen LogP contribution >= 0.6 is 0 Å². The quantitative estimate of drug-likeness (QED) is 0.385. The zero-order chi connectivity index (χ0) is 22.5. The number of carbonyl (C=O) groups is 2. The molecule has 0 atom stereocenters. The third-order valence-electron chi connectivity index (χ3n) is 5.52. The molecule has 0 aliphatic carbocycles. The van der Waals surface area contributed by atoms with Gasteiger partial charge in [-0.05, 0) is 35.9 Å². The number of pyridine rings is 1. The highest BCUT2D eigenvalue weighted by Crippen LogP contribution is 2.26. The van der Waals surface area contributed by atoms with Crippen LogP contribution in [0.15, 0.2) is 66.7 Å². The van der Waals surface area contributed by atoms with E-state index in [-0.39, 0.29) is 12.5 Å². The summed E-state index contributed by atoms with van der Waals surface area (Å²) >= 11 is 0. The van der Waals surface area contributed by atoms with Crippen LogP contribution in [0.2, 0.25) is 0 Å². The minimum atomic E-state index is -0.495. The molecule has 5 nitrogen and oxygen atoms in total. The average molecular weight is 427 g/mol. The number of aromatic nitrogens is 1. The molecule has 0 aliphatic heterocycles. The number of ether oxygens (including phenoxy) is 1. The monoisotopic (exact) mass is 426 g/mol. The highest BCUT2D eigenvalue weighted by Gasteiger charge is 2.21. The van der Waals surface area contributed by atoms with Gasteiger partial charge in [-0.25, -0.2) is 4.79 Å². The lowest BCUT2D eigenvalue weighted by molar-refractivity contribution is -0.119. The summed E-state index contributed by atoms with van der Waals surface area (Å²) in [7, 11) is 0. The van der Waals surface area contributed by atoms with Crippen LogP contribution in [-0.4, -0.2) is 23.5 Å². The molecular weight excluding hydrogens is 400 g/mol. The fourth-order valence-corrected chi connectivity index (χ4v) is 4.08. The van der Waals surface area contributed by atoms with Gasteiger partial charge in [-0.15, -0.1) is 0 Å². The summed E-state index contributed by atoms with van der Waals surface area (Å²) in [5.74, 6) is -0.870. The molecule has 1 heterocycles. The summed E-state index contributed by atoms with van der Waals surface area (Å²) in [6.45, 7) is 3.74. The Hall–Kier alpha value is -3.73. The first-order valence-electron chi connectivity index (χ1n) is 11.0. The molecule has 0 spiro atoms. The number of para-hydroxylation sites is 1. The summed E-state index contributed by atoms with van der Waals surface area (Å²) in [6, 6.07) is 21.1. The maximum atomic E-state index is 13.1. The van der Waals surface area contributed by atoms with Crippen molar-refractivity contribution in [3.63, 3.8) is 0 Å². The Morgan fingerprint density at radius 3 is 2.41 bits per heavy atom. The number of fused-ring (bicyclic) bond motifs is 2. The van der Waals surface area contributed by atoms with E-state index >= 15 is 0 Å². The van der Waals surface area contributed by atoms with Crippen LogP contribution in [0, 0.1) is 0 Å². The van der Waals surface area contributed by atoms with E-state index in [2.05, 4.69) is 12.2 Å². The summed E-state index contributed by atoms with van der Waals surface area (Å²) in [5, 5.41) is 5.58. The van der Waals surface area contributed by atoms with E-state index in [0.717, 1.165) is 45.8 Å². The van der Waals surface area contributed by atoms with Crippen LogP contribution in [0.25, 0.3) is 21.7 Å². The smallest absolute Gasteiger partial charge is 0.339 e. The second-order valence-corrected chi connectivity index (χ2v) is 7.68. The Balaban J connectivity index is 1.57. The van der Waals surface area contributed by atoms with E-state index in [1.807, 2.05) is 73.7 Å². The lowest BCUT2D eigenvalue weighted by atomic mass is 9.96. The van der Waals surface area contributed by atoms with Crippen LogP contribution in [-0.2, 0) is 22.4 Å². The van der Waals surface area contributed by atoms with Crippen molar-refractivity contribution >= 4 is 39.2 Å².